The number of carbonyl (C=O) groups excluding carboxylic acids is 1. The molecule has 3 heterocycles. The van der Waals surface area contributed by atoms with Crippen LogP contribution in [0.25, 0.3) is 10.6 Å². The number of rotatable bonds is 4. The Balaban J connectivity index is 1.43. The maximum Gasteiger partial charge on any atom is 0.251 e. The predicted molar refractivity (Wildman–Crippen MR) is 99.9 cm³/mol. The van der Waals surface area contributed by atoms with E-state index in [0.29, 0.717) is 5.56 Å². The molecular weight excluding hydrogens is 332 g/mol. The third-order valence-electron chi connectivity index (χ3n) is 4.28. The van der Waals surface area contributed by atoms with Crippen LogP contribution in [-0.2, 0) is 0 Å². The van der Waals surface area contributed by atoms with Gasteiger partial charge in [-0.15, -0.1) is 11.3 Å². The molecule has 0 spiro atoms. The Morgan fingerprint density at radius 1 is 1.16 bits per heavy atom. The van der Waals surface area contributed by atoms with Gasteiger partial charge in [0.05, 0.1) is 16.1 Å². The molecule has 126 valence electrons. The summed E-state index contributed by atoms with van der Waals surface area (Å²) < 4.78 is 0. The Morgan fingerprint density at radius 2 is 1.96 bits per heavy atom. The summed E-state index contributed by atoms with van der Waals surface area (Å²) in [6, 6.07) is 15.4. The van der Waals surface area contributed by atoms with Crippen LogP contribution in [-0.4, -0.2) is 34.5 Å². The number of carbonyl (C=O) groups is 1. The first-order chi connectivity index (χ1) is 12.1. The fourth-order valence-corrected chi connectivity index (χ4v) is 3.75. The van der Waals surface area contributed by atoms with Crippen molar-refractivity contribution in [2.24, 2.45) is 0 Å². The van der Waals surface area contributed by atoms with E-state index in [0.717, 1.165) is 29.5 Å². The van der Waals surface area contributed by atoms with Crippen LogP contribution in [0.2, 0.25) is 0 Å². The van der Waals surface area contributed by atoms with E-state index in [9.17, 15) is 4.79 Å². The molecule has 2 aromatic heterocycles. The Kier molecular flexibility index (Phi) is 3.97. The molecule has 1 aliphatic heterocycles. The van der Waals surface area contributed by atoms with Gasteiger partial charge in [0.2, 0.25) is 0 Å². The summed E-state index contributed by atoms with van der Waals surface area (Å²) in [7, 11) is 0. The molecule has 1 fully saturated rings. The lowest BCUT2D eigenvalue weighted by molar-refractivity contribution is 0.0889. The van der Waals surface area contributed by atoms with Crippen molar-refractivity contribution in [1.29, 1.82) is 0 Å². The zero-order valence-electron chi connectivity index (χ0n) is 13.8. The molecule has 0 atom stereocenters. The highest BCUT2D eigenvalue weighted by molar-refractivity contribution is 7.13. The van der Waals surface area contributed by atoms with Gasteiger partial charge in [-0.1, -0.05) is 24.3 Å². The monoisotopic (exact) mass is 350 g/mol. The van der Waals surface area contributed by atoms with Gasteiger partial charge < -0.3 is 10.2 Å². The first-order valence-corrected chi connectivity index (χ1v) is 8.99. The molecule has 1 N–H and O–H groups in total. The largest absolute Gasteiger partial charge is 0.352 e. The summed E-state index contributed by atoms with van der Waals surface area (Å²) in [5.74, 6) is 0.856. The van der Waals surface area contributed by atoms with Gasteiger partial charge in [-0.25, -0.2) is 9.97 Å². The molecule has 1 saturated heterocycles. The van der Waals surface area contributed by atoms with E-state index < -0.39 is 0 Å². The molecule has 0 unspecified atom stereocenters. The van der Waals surface area contributed by atoms with Crippen LogP contribution in [0.1, 0.15) is 17.3 Å². The molecule has 6 heteroatoms. The van der Waals surface area contributed by atoms with Crippen LogP contribution in [0, 0.1) is 0 Å². The van der Waals surface area contributed by atoms with Gasteiger partial charge in [0.25, 0.3) is 5.91 Å². The Morgan fingerprint density at radius 3 is 2.68 bits per heavy atom. The maximum absolute atomic E-state index is 12.4. The quantitative estimate of drug-likeness (QED) is 0.785. The molecule has 1 aromatic carbocycles. The fourth-order valence-electron chi connectivity index (χ4n) is 3.05. The molecule has 1 amide bonds. The van der Waals surface area contributed by atoms with Crippen LogP contribution in [0.15, 0.2) is 60.2 Å². The van der Waals surface area contributed by atoms with Crippen molar-refractivity contribution in [2.75, 3.05) is 18.0 Å². The van der Waals surface area contributed by atoms with Crippen molar-refractivity contribution >= 4 is 23.1 Å². The number of nitrogens with zero attached hydrogens (tertiary/aromatic N) is 3. The minimum absolute atomic E-state index is 0.0373. The van der Waals surface area contributed by atoms with Gasteiger partial charge >= 0.3 is 0 Å². The summed E-state index contributed by atoms with van der Waals surface area (Å²) in [5.41, 5.74) is 1.37. The molecule has 25 heavy (non-hydrogen) atoms. The summed E-state index contributed by atoms with van der Waals surface area (Å²) in [6.07, 6.45) is 1.60. The normalized spacial score (nSPS) is 15.5. The number of benzene rings is 1. The molecule has 0 bridgehead atoms. The highest BCUT2D eigenvalue weighted by atomic mass is 32.1. The number of hydrogen-bond donors (Lipinski definition) is 1. The van der Waals surface area contributed by atoms with Crippen molar-refractivity contribution in [1.82, 2.24) is 15.3 Å². The Labute approximate surface area is 150 Å². The number of hydrogen-bond acceptors (Lipinski definition) is 5. The van der Waals surface area contributed by atoms with Crippen LogP contribution in [0.4, 0.5) is 5.82 Å². The topological polar surface area (TPSA) is 58.1 Å². The zero-order chi connectivity index (χ0) is 17.3. The van der Waals surface area contributed by atoms with Gasteiger partial charge in [0.1, 0.15) is 12.1 Å². The minimum atomic E-state index is -0.249. The number of nitrogens with one attached hydrogen (secondary N) is 1. The van der Waals surface area contributed by atoms with Crippen LogP contribution in [0.3, 0.4) is 0 Å². The molecule has 0 saturated carbocycles. The second-order valence-corrected chi connectivity index (χ2v) is 7.42. The Hall–Kier alpha value is -2.73. The van der Waals surface area contributed by atoms with E-state index >= 15 is 0 Å². The van der Waals surface area contributed by atoms with E-state index in [4.69, 9.17) is 0 Å². The average molecular weight is 350 g/mol. The van der Waals surface area contributed by atoms with Gasteiger partial charge in [-0.3, -0.25) is 4.79 Å². The van der Waals surface area contributed by atoms with Gasteiger partial charge in [0, 0.05) is 24.7 Å². The second kappa shape index (κ2) is 6.29. The van der Waals surface area contributed by atoms with Crippen molar-refractivity contribution in [3.63, 3.8) is 0 Å². The van der Waals surface area contributed by atoms with E-state index in [2.05, 4.69) is 33.2 Å². The summed E-state index contributed by atoms with van der Waals surface area (Å²) in [4.78, 5) is 24.4. The smallest absolute Gasteiger partial charge is 0.251 e. The Bertz CT molecular complexity index is 873. The second-order valence-electron chi connectivity index (χ2n) is 6.48. The summed E-state index contributed by atoms with van der Waals surface area (Å²) in [6.45, 7) is 3.52. The SMILES string of the molecule is CC1(NC(=O)c2ccccc2)CN(c2cc(-c3cccs3)ncn2)C1. The van der Waals surface area contributed by atoms with E-state index in [1.807, 2.05) is 47.8 Å². The van der Waals surface area contributed by atoms with Crippen LogP contribution < -0.4 is 10.2 Å². The number of thiophene rings is 1. The number of anilines is 1. The van der Waals surface area contributed by atoms with Gasteiger partial charge in [0.15, 0.2) is 0 Å². The predicted octanol–water partition coefficient (Wildman–Crippen LogP) is 3.21. The standard InChI is InChI=1S/C19H18N4OS/c1-19(22-18(24)14-6-3-2-4-7-14)11-23(12-19)17-10-15(20-13-21-17)16-8-5-9-25-16/h2-10,13H,11-12H2,1H3,(H,22,24). The molecule has 3 aromatic rings. The van der Waals surface area contributed by atoms with Crippen molar-refractivity contribution in [3.8, 4) is 10.6 Å². The first kappa shape index (κ1) is 15.8. The van der Waals surface area contributed by atoms with Crippen LogP contribution in [0.5, 0.6) is 0 Å². The third kappa shape index (κ3) is 3.25. The molecular formula is C19H18N4OS. The van der Waals surface area contributed by atoms with Crippen molar-refractivity contribution in [3.05, 3.63) is 65.8 Å². The lowest BCUT2D eigenvalue weighted by Gasteiger charge is -2.49. The lowest BCUT2D eigenvalue weighted by atomic mass is 9.91. The lowest BCUT2D eigenvalue weighted by Crippen LogP contribution is -2.69. The maximum atomic E-state index is 12.4. The van der Waals surface area contributed by atoms with E-state index in [1.54, 1.807) is 17.7 Å². The first-order valence-electron chi connectivity index (χ1n) is 8.11. The highest BCUT2D eigenvalue weighted by Crippen LogP contribution is 2.29. The molecule has 4 rings (SSSR count). The van der Waals surface area contributed by atoms with Gasteiger partial charge in [-0.05, 0) is 30.5 Å². The number of aromatic nitrogens is 2. The third-order valence-corrected chi connectivity index (χ3v) is 5.17. The zero-order valence-corrected chi connectivity index (χ0v) is 14.7. The summed E-state index contributed by atoms with van der Waals surface area (Å²) >= 11 is 1.66. The van der Waals surface area contributed by atoms with Gasteiger partial charge in [-0.2, -0.15) is 0 Å². The molecule has 0 radical (unpaired) electrons. The fraction of sp³-hybridized carbons (Fsp3) is 0.211. The minimum Gasteiger partial charge on any atom is -0.352 e. The number of amides is 1. The van der Waals surface area contributed by atoms with E-state index in [1.165, 1.54) is 0 Å². The van der Waals surface area contributed by atoms with Crippen molar-refractivity contribution in [2.45, 2.75) is 12.5 Å². The molecule has 1 aliphatic rings. The van der Waals surface area contributed by atoms with Crippen LogP contribution >= 0.6 is 11.3 Å². The van der Waals surface area contributed by atoms with Crippen molar-refractivity contribution < 1.29 is 4.79 Å². The summed E-state index contributed by atoms with van der Waals surface area (Å²) in [5, 5.41) is 5.17. The molecule has 5 nitrogen and oxygen atoms in total. The molecule has 0 aliphatic carbocycles. The van der Waals surface area contributed by atoms with E-state index in [-0.39, 0.29) is 11.4 Å². The highest BCUT2D eigenvalue weighted by Gasteiger charge is 2.40. The average Bonchev–Trinajstić information content (AvgIpc) is 3.15.